The van der Waals surface area contributed by atoms with Gasteiger partial charge in [0.05, 0.1) is 19.0 Å². The third-order valence-corrected chi connectivity index (χ3v) is 2.58. The molecule has 2 heterocycles. The number of carbonyl (C=O) groups excluding carboxylic acids is 1. The van der Waals surface area contributed by atoms with Crippen LogP contribution in [0.1, 0.15) is 23.0 Å². The van der Waals surface area contributed by atoms with Crippen molar-refractivity contribution in [2.24, 2.45) is 0 Å². The fourth-order valence-corrected chi connectivity index (χ4v) is 1.74. The van der Waals surface area contributed by atoms with E-state index in [1.165, 1.54) is 0 Å². The van der Waals surface area contributed by atoms with Crippen LogP contribution in [0.15, 0.2) is 16.7 Å². The third kappa shape index (κ3) is 2.04. The maximum Gasteiger partial charge on any atom is 0.289 e. The van der Waals surface area contributed by atoms with E-state index >= 15 is 0 Å². The van der Waals surface area contributed by atoms with Gasteiger partial charge in [0, 0.05) is 18.7 Å². The minimum atomic E-state index is -0.0346. The van der Waals surface area contributed by atoms with Crippen LogP contribution in [0.25, 0.3) is 0 Å². The first-order valence-corrected chi connectivity index (χ1v) is 5.13. The van der Waals surface area contributed by atoms with Crippen LogP contribution in [-0.2, 0) is 4.74 Å². The second-order valence-corrected chi connectivity index (χ2v) is 3.87. The number of hydrogen-bond acceptors (Lipinski definition) is 3. The predicted molar refractivity (Wildman–Crippen MR) is 54.8 cm³/mol. The maximum absolute atomic E-state index is 12.0. The molecule has 4 heteroatoms. The first-order valence-electron chi connectivity index (χ1n) is 5.13. The summed E-state index contributed by atoms with van der Waals surface area (Å²) in [6.07, 6.45) is 1.66. The molecule has 1 aliphatic heterocycles. The summed E-state index contributed by atoms with van der Waals surface area (Å²) in [5, 5.41) is 0. The van der Waals surface area contributed by atoms with E-state index in [1.807, 2.05) is 13.8 Å². The number of nitrogens with zero attached hydrogens (tertiary/aromatic N) is 1. The molecule has 0 spiro atoms. The Hall–Kier alpha value is -1.29. The third-order valence-electron chi connectivity index (χ3n) is 2.58. The summed E-state index contributed by atoms with van der Waals surface area (Å²) < 4.78 is 10.6. The van der Waals surface area contributed by atoms with Gasteiger partial charge in [0.1, 0.15) is 0 Å². The van der Waals surface area contributed by atoms with Gasteiger partial charge in [-0.05, 0) is 19.9 Å². The molecule has 1 unspecified atom stereocenters. The van der Waals surface area contributed by atoms with Crippen molar-refractivity contribution in [3.8, 4) is 0 Å². The van der Waals surface area contributed by atoms with Crippen molar-refractivity contribution in [1.29, 1.82) is 0 Å². The highest BCUT2D eigenvalue weighted by Gasteiger charge is 2.25. The summed E-state index contributed by atoms with van der Waals surface area (Å²) in [6.45, 7) is 5.73. The van der Waals surface area contributed by atoms with Crippen LogP contribution in [0.3, 0.4) is 0 Å². The zero-order valence-corrected chi connectivity index (χ0v) is 9.03. The number of rotatable bonds is 1. The molecular weight excluding hydrogens is 194 g/mol. The molecule has 0 N–H and O–H groups in total. The van der Waals surface area contributed by atoms with E-state index in [2.05, 4.69) is 0 Å². The summed E-state index contributed by atoms with van der Waals surface area (Å²) in [6, 6.07) is 1.80. The molecule has 1 amide bonds. The molecule has 0 radical (unpaired) electrons. The predicted octanol–water partition coefficient (Wildman–Crippen LogP) is 1.45. The van der Waals surface area contributed by atoms with E-state index in [0.717, 1.165) is 5.56 Å². The zero-order valence-electron chi connectivity index (χ0n) is 9.03. The van der Waals surface area contributed by atoms with Crippen molar-refractivity contribution in [1.82, 2.24) is 4.90 Å². The average Bonchev–Trinajstić information content (AvgIpc) is 2.63. The summed E-state index contributed by atoms with van der Waals surface area (Å²) >= 11 is 0. The van der Waals surface area contributed by atoms with Gasteiger partial charge in [0.2, 0.25) is 0 Å². The summed E-state index contributed by atoms with van der Waals surface area (Å²) in [7, 11) is 0. The Labute approximate surface area is 88.8 Å². The van der Waals surface area contributed by atoms with E-state index < -0.39 is 0 Å². The first kappa shape index (κ1) is 10.2. The second-order valence-electron chi connectivity index (χ2n) is 3.87. The fraction of sp³-hybridized carbons (Fsp3) is 0.545. The Bertz CT molecular complexity index is 358. The van der Waals surface area contributed by atoms with Crippen LogP contribution < -0.4 is 0 Å². The summed E-state index contributed by atoms with van der Waals surface area (Å²) in [5.74, 6) is 0.414. The van der Waals surface area contributed by atoms with Crippen molar-refractivity contribution in [2.75, 3.05) is 19.7 Å². The molecule has 2 rings (SSSR count). The summed E-state index contributed by atoms with van der Waals surface area (Å²) in [4.78, 5) is 13.8. The molecule has 15 heavy (non-hydrogen) atoms. The van der Waals surface area contributed by atoms with E-state index in [0.29, 0.717) is 25.5 Å². The zero-order chi connectivity index (χ0) is 10.8. The molecule has 82 valence electrons. The van der Waals surface area contributed by atoms with E-state index in [9.17, 15) is 4.79 Å². The first-order chi connectivity index (χ1) is 7.18. The van der Waals surface area contributed by atoms with Crippen molar-refractivity contribution < 1.29 is 13.9 Å². The molecule has 4 nitrogen and oxygen atoms in total. The molecule has 0 saturated carbocycles. The van der Waals surface area contributed by atoms with Crippen LogP contribution in [0.5, 0.6) is 0 Å². The van der Waals surface area contributed by atoms with Gasteiger partial charge >= 0.3 is 0 Å². The Balaban J connectivity index is 2.11. The largest absolute Gasteiger partial charge is 0.459 e. The normalized spacial score (nSPS) is 21.7. The van der Waals surface area contributed by atoms with Crippen LogP contribution in [0.2, 0.25) is 0 Å². The van der Waals surface area contributed by atoms with Gasteiger partial charge in [-0.15, -0.1) is 0 Å². The quantitative estimate of drug-likeness (QED) is 0.703. The molecule has 1 fully saturated rings. The number of carbonyl (C=O) groups is 1. The van der Waals surface area contributed by atoms with Gasteiger partial charge in [-0.2, -0.15) is 0 Å². The Morgan fingerprint density at radius 3 is 3.00 bits per heavy atom. The standard InChI is InChI=1S/C11H15NO3/c1-8-3-5-15-10(8)11(13)12-4-6-14-9(2)7-12/h3,5,9H,4,6-7H2,1-2H3. The van der Waals surface area contributed by atoms with Gasteiger partial charge < -0.3 is 14.1 Å². The lowest BCUT2D eigenvalue weighted by molar-refractivity contribution is -0.0135. The Kier molecular flexibility index (Phi) is 2.77. The molecule has 1 saturated heterocycles. The number of hydrogen-bond donors (Lipinski definition) is 0. The lowest BCUT2D eigenvalue weighted by Crippen LogP contribution is -2.44. The number of furan rings is 1. The SMILES string of the molecule is Cc1ccoc1C(=O)N1CCOC(C)C1. The molecule has 0 aliphatic carbocycles. The Morgan fingerprint density at radius 1 is 1.60 bits per heavy atom. The minimum absolute atomic E-state index is 0.0346. The highest BCUT2D eigenvalue weighted by atomic mass is 16.5. The average molecular weight is 209 g/mol. The lowest BCUT2D eigenvalue weighted by Gasteiger charge is -2.30. The van der Waals surface area contributed by atoms with Gasteiger partial charge in [-0.3, -0.25) is 4.79 Å². The highest BCUT2D eigenvalue weighted by Crippen LogP contribution is 2.14. The molecular formula is C11H15NO3. The van der Waals surface area contributed by atoms with Gasteiger partial charge in [-0.25, -0.2) is 0 Å². The van der Waals surface area contributed by atoms with Gasteiger partial charge in [-0.1, -0.05) is 0 Å². The van der Waals surface area contributed by atoms with Gasteiger partial charge in [0.25, 0.3) is 5.91 Å². The van der Waals surface area contributed by atoms with Crippen LogP contribution in [0, 0.1) is 6.92 Å². The molecule has 1 aromatic rings. The number of ether oxygens (including phenoxy) is 1. The molecule has 1 aliphatic rings. The van der Waals surface area contributed by atoms with Crippen LogP contribution >= 0.6 is 0 Å². The van der Waals surface area contributed by atoms with Crippen LogP contribution in [-0.4, -0.2) is 36.6 Å². The van der Waals surface area contributed by atoms with Gasteiger partial charge in [0.15, 0.2) is 5.76 Å². The molecule has 0 aromatic carbocycles. The summed E-state index contributed by atoms with van der Waals surface area (Å²) in [5.41, 5.74) is 0.888. The second kappa shape index (κ2) is 4.06. The van der Waals surface area contributed by atoms with Crippen molar-refractivity contribution in [3.05, 3.63) is 23.7 Å². The number of aryl methyl sites for hydroxylation is 1. The molecule has 0 bridgehead atoms. The monoisotopic (exact) mass is 209 g/mol. The topological polar surface area (TPSA) is 42.7 Å². The minimum Gasteiger partial charge on any atom is -0.459 e. The van der Waals surface area contributed by atoms with Crippen molar-refractivity contribution >= 4 is 5.91 Å². The van der Waals surface area contributed by atoms with Crippen LogP contribution in [0.4, 0.5) is 0 Å². The number of morpholine rings is 1. The van der Waals surface area contributed by atoms with Crippen molar-refractivity contribution in [2.45, 2.75) is 20.0 Å². The fourth-order valence-electron chi connectivity index (χ4n) is 1.74. The Morgan fingerprint density at radius 2 is 2.40 bits per heavy atom. The lowest BCUT2D eigenvalue weighted by atomic mass is 10.2. The smallest absolute Gasteiger partial charge is 0.289 e. The maximum atomic E-state index is 12.0. The molecule has 1 aromatic heterocycles. The van der Waals surface area contributed by atoms with Crippen molar-refractivity contribution in [3.63, 3.8) is 0 Å². The highest BCUT2D eigenvalue weighted by molar-refractivity contribution is 5.92. The molecule has 1 atom stereocenters. The van der Waals surface area contributed by atoms with E-state index in [1.54, 1.807) is 17.2 Å². The van der Waals surface area contributed by atoms with E-state index in [4.69, 9.17) is 9.15 Å². The van der Waals surface area contributed by atoms with E-state index in [-0.39, 0.29) is 12.0 Å². The number of amides is 1.